The van der Waals surface area contributed by atoms with Crippen LogP contribution in [0.2, 0.25) is 0 Å². The summed E-state index contributed by atoms with van der Waals surface area (Å²) in [7, 11) is 1.76. The minimum absolute atomic E-state index is 0.326. The second kappa shape index (κ2) is 7.87. The fraction of sp³-hybridized carbons (Fsp3) is 0.400. The fourth-order valence-corrected chi connectivity index (χ4v) is 2.92. The van der Waals surface area contributed by atoms with Crippen LogP contribution in [0.3, 0.4) is 0 Å². The van der Waals surface area contributed by atoms with Gasteiger partial charge >= 0.3 is 0 Å². The van der Waals surface area contributed by atoms with Crippen molar-refractivity contribution in [2.75, 3.05) is 7.11 Å². The topological polar surface area (TPSA) is 9.23 Å². The van der Waals surface area contributed by atoms with Gasteiger partial charge in [0.1, 0.15) is 5.76 Å². The quantitative estimate of drug-likeness (QED) is 0.644. The van der Waals surface area contributed by atoms with Crippen molar-refractivity contribution in [1.82, 2.24) is 0 Å². The number of rotatable bonds is 6. The van der Waals surface area contributed by atoms with Crippen LogP contribution in [-0.4, -0.2) is 7.11 Å². The SMILES string of the molecule is CCCC1=CC(OC)=C[C@@H](c2ccccc2)C(CCC)=C1. The molecule has 0 saturated carbocycles. The molecule has 1 heteroatoms. The number of methoxy groups -OCH3 is 1. The van der Waals surface area contributed by atoms with E-state index in [1.807, 2.05) is 0 Å². The Kier molecular flexibility index (Phi) is 5.86. The first-order valence-corrected chi connectivity index (χ1v) is 8.00. The lowest BCUT2D eigenvalue weighted by Crippen LogP contribution is -2.01. The van der Waals surface area contributed by atoms with E-state index < -0.39 is 0 Å². The highest BCUT2D eigenvalue weighted by atomic mass is 16.5. The van der Waals surface area contributed by atoms with Crippen LogP contribution in [0.5, 0.6) is 0 Å². The Bertz CT molecular complexity index is 534. The third kappa shape index (κ3) is 4.10. The summed E-state index contributed by atoms with van der Waals surface area (Å²) in [6.45, 7) is 4.47. The highest BCUT2D eigenvalue weighted by Crippen LogP contribution is 2.34. The number of benzene rings is 1. The van der Waals surface area contributed by atoms with Crippen LogP contribution in [0.1, 0.15) is 51.0 Å². The van der Waals surface area contributed by atoms with E-state index in [1.54, 1.807) is 7.11 Å². The Morgan fingerprint density at radius 1 is 0.952 bits per heavy atom. The molecule has 21 heavy (non-hydrogen) atoms. The fourth-order valence-electron chi connectivity index (χ4n) is 2.92. The molecule has 1 aromatic rings. The lowest BCUT2D eigenvalue weighted by atomic mass is 9.87. The normalized spacial score (nSPS) is 18.4. The highest BCUT2D eigenvalue weighted by Gasteiger charge is 2.18. The lowest BCUT2D eigenvalue weighted by Gasteiger charge is -2.17. The summed E-state index contributed by atoms with van der Waals surface area (Å²) in [5, 5.41) is 0. The molecule has 0 aromatic heterocycles. The van der Waals surface area contributed by atoms with E-state index in [0.29, 0.717) is 5.92 Å². The van der Waals surface area contributed by atoms with E-state index in [0.717, 1.165) is 25.0 Å². The van der Waals surface area contributed by atoms with Crippen LogP contribution >= 0.6 is 0 Å². The molecule has 112 valence electrons. The standard InChI is InChI=1S/C20H26O/c1-4-9-16-13-18(10-5-2)20(15-19(14-16)21-3)17-11-7-6-8-12-17/h6-8,11-15,20H,4-5,9-10H2,1-3H3/t20-/m0/s1. The smallest absolute Gasteiger partial charge is 0.116 e. The molecule has 0 fully saturated rings. The zero-order chi connectivity index (χ0) is 15.1. The van der Waals surface area contributed by atoms with Crippen molar-refractivity contribution in [1.29, 1.82) is 0 Å². The van der Waals surface area contributed by atoms with Gasteiger partial charge in [-0.25, -0.2) is 0 Å². The average molecular weight is 282 g/mol. The van der Waals surface area contributed by atoms with Gasteiger partial charge in [-0.2, -0.15) is 0 Å². The van der Waals surface area contributed by atoms with Crippen molar-refractivity contribution in [2.45, 2.75) is 45.4 Å². The average Bonchev–Trinajstić information content (AvgIpc) is 2.68. The summed E-state index contributed by atoms with van der Waals surface area (Å²) in [4.78, 5) is 0. The number of allylic oxidation sites excluding steroid dienone is 5. The maximum Gasteiger partial charge on any atom is 0.116 e. The van der Waals surface area contributed by atoms with Gasteiger partial charge in [-0.15, -0.1) is 0 Å². The Morgan fingerprint density at radius 3 is 2.29 bits per heavy atom. The van der Waals surface area contributed by atoms with Crippen LogP contribution in [0.4, 0.5) is 0 Å². The molecule has 0 amide bonds. The van der Waals surface area contributed by atoms with Crippen molar-refractivity contribution in [3.63, 3.8) is 0 Å². The van der Waals surface area contributed by atoms with Gasteiger partial charge < -0.3 is 4.74 Å². The molecule has 0 radical (unpaired) electrons. The van der Waals surface area contributed by atoms with Crippen molar-refractivity contribution in [3.05, 3.63) is 71.0 Å². The summed E-state index contributed by atoms with van der Waals surface area (Å²) in [5.74, 6) is 1.31. The zero-order valence-corrected chi connectivity index (χ0v) is 13.4. The van der Waals surface area contributed by atoms with E-state index >= 15 is 0 Å². The van der Waals surface area contributed by atoms with Crippen molar-refractivity contribution in [3.8, 4) is 0 Å². The third-order valence-corrected chi connectivity index (χ3v) is 3.90. The van der Waals surface area contributed by atoms with E-state index in [-0.39, 0.29) is 0 Å². The van der Waals surface area contributed by atoms with E-state index in [2.05, 4.69) is 62.4 Å². The zero-order valence-electron chi connectivity index (χ0n) is 13.4. The van der Waals surface area contributed by atoms with Gasteiger partial charge in [-0.3, -0.25) is 0 Å². The minimum atomic E-state index is 0.326. The van der Waals surface area contributed by atoms with Gasteiger partial charge in [0.2, 0.25) is 0 Å². The first-order valence-electron chi connectivity index (χ1n) is 8.00. The van der Waals surface area contributed by atoms with Gasteiger partial charge in [-0.05, 0) is 36.1 Å². The number of hydrogen-bond donors (Lipinski definition) is 0. The largest absolute Gasteiger partial charge is 0.497 e. The van der Waals surface area contributed by atoms with Crippen LogP contribution in [-0.2, 0) is 4.74 Å². The first kappa shape index (κ1) is 15.6. The van der Waals surface area contributed by atoms with E-state index in [9.17, 15) is 0 Å². The van der Waals surface area contributed by atoms with Crippen LogP contribution in [0.15, 0.2) is 65.5 Å². The summed E-state index contributed by atoms with van der Waals surface area (Å²) in [6, 6.07) is 10.7. The molecule has 0 bridgehead atoms. The molecule has 0 unspecified atom stereocenters. The minimum Gasteiger partial charge on any atom is -0.497 e. The van der Waals surface area contributed by atoms with Crippen molar-refractivity contribution >= 4 is 0 Å². The summed E-state index contributed by atoms with van der Waals surface area (Å²) < 4.78 is 5.58. The monoisotopic (exact) mass is 282 g/mol. The predicted octanol–water partition coefficient (Wildman–Crippen LogP) is 5.77. The van der Waals surface area contributed by atoms with E-state index in [1.165, 1.54) is 23.1 Å². The van der Waals surface area contributed by atoms with Gasteiger partial charge in [0.15, 0.2) is 0 Å². The Morgan fingerprint density at radius 2 is 1.67 bits per heavy atom. The van der Waals surface area contributed by atoms with Crippen LogP contribution in [0, 0.1) is 0 Å². The predicted molar refractivity (Wildman–Crippen MR) is 90.3 cm³/mol. The molecule has 0 saturated heterocycles. The maximum atomic E-state index is 5.58. The second-order valence-corrected chi connectivity index (χ2v) is 5.60. The molecule has 2 rings (SSSR count). The summed E-state index contributed by atoms with van der Waals surface area (Å²) in [6.07, 6.45) is 11.4. The summed E-state index contributed by atoms with van der Waals surface area (Å²) in [5.41, 5.74) is 4.22. The number of ether oxygens (including phenoxy) is 1. The van der Waals surface area contributed by atoms with Crippen LogP contribution < -0.4 is 0 Å². The van der Waals surface area contributed by atoms with Crippen molar-refractivity contribution < 1.29 is 4.74 Å². The molecule has 0 aliphatic heterocycles. The molecular formula is C20H26O. The Labute approximate surface area is 129 Å². The van der Waals surface area contributed by atoms with Gasteiger partial charge in [0.25, 0.3) is 0 Å². The number of hydrogen-bond acceptors (Lipinski definition) is 1. The van der Waals surface area contributed by atoms with Gasteiger partial charge in [0.05, 0.1) is 7.11 Å². The molecule has 1 aromatic carbocycles. The van der Waals surface area contributed by atoms with Crippen LogP contribution in [0.25, 0.3) is 0 Å². The molecule has 1 aliphatic rings. The lowest BCUT2D eigenvalue weighted by molar-refractivity contribution is 0.304. The molecular weight excluding hydrogens is 256 g/mol. The second-order valence-electron chi connectivity index (χ2n) is 5.60. The molecule has 1 nitrogen and oxygen atoms in total. The van der Waals surface area contributed by atoms with Crippen molar-refractivity contribution in [2.24, 2.45) is 0 Å². The molecule has 0 heterocycles. The molecule has 1 aliphatic carbocycles. The highest BCUT2D eigenvalue weighted by molar-refractivity contribution is 5.43. The first-order chi connectivity index (χ1) is 10.3. The molecule has 0 spiro atoms. The maximum absolute atomic E-state index is 5.58. The molecule has 1 atom stereocenters. The van der Waals surface area contributed by atoms with E-state index in [4.69, 9.17) is 4.74 Å². The Balaban J connectivity index is 2.43. The Hall–Kier alpha value is -1.76. The third-order valence-electron chi connectivity index (χ3n) is 3.90. The van der Waals surface area contributed by atoms with Gasteiger partial charge in [0, 0.05) is 5.92 Å². The molecule has 0 N–H and O–H groups in total. The summed E-state index contributed by atoms with van der Waals surface area (Å²) >= 11 is 0. The van der Waals surface area contributed by atoms with Gasteiger partial charge in [-0.1, -0.05) is 68.7 Å².